The van der Waals surface area contributed by atoms with Gasteiger partial charge in [-0.15, -0.1) is 0 Å². The van der Waals surface area contributed by atoms with Crippen LogP contribution in [0.2, 0.25) is 0 Å². The molecule has 0 spiro atoms. The van der Waals surface area contributed by atoms with Gasteiger partial charge in [0.15, 0.2) is 0 Å². The van der Waals surface area contributed by atoms with Crippen LogP contribution in [-0.2, 0) is 4.79 Å². The molecule has 2 amide bonds. The van der Waals surface area contributed by atoms with Crippen molar-refractivity contribution in [3.63, 3.8) is 0 Å². The fraction of sp³-hybridized carbons (Fsp3) is 0.176. The second-order valence-corrected chi connectivity index (χ2v) is 6.10. The molecule has 0 aliphatic carbocycles. The van der Waals surface area contributed by atoms with E-state index in [0.717, 1.165) is 4.47 Å². The molecule has 0 atom stereocenters. The molecule has 0 heterocycles. The van der Waals surface area contributed by atoms with E-state index in [4.69, 9.17) is 0 Å². The second kappa shape index (κ2) is 7.22. The van der Waals surface area contributed by atoms with Crippen LogP contribution in [0.15, 0.2) is 53.0 Å². The van der Waals surface area contributed by atoms with E-state index >= 15 is 0 Å². The predicted molar refractivity (Wildman–Crippen MR) is 92.0 cm³/mol. The summed E-state index contributed by atoms with van der Waals surface area (Å²) in [6.07, 6.45) is 0. The molecular formula is C17H17BrN2O2. The second-order valence-electron chi connectivity index (χ2n) is 5.19. The van der Waals surface area contributed by atoms with Crippen molar-refractivity contribution in [1.29, 1.82) is 0 Å². The molecule has 2 aromatic carbocycles. The highest BCUT2D eigenvalue weighted by Gasteiger charge is 2.10. The van der Waals surface area contributed by atoms with Crippen LogP contribution in [0.4, 0.5) is 11.4 Å². The molecule has 0 aliphatic heterocycles. The van der Waals surface area contributed by atoms with E-state index in [2.05, 4.69) is 26.6 Å². The zero-order chi connectivity index (χ0) is 16.1. The molecule has 0 fully saturated rings. The Morgan fingerprint density at radius 1 is 0.955 bits per heavy atom. The lowest BCUT2D eigenvalue weighted by atomic mass is 10.1. The maximum absolute atomic E-state index is 12.2. The monoisotopic (exact) mass is 360 g/mol. The van der Waals surface area contributed by atoms with Gasteiger partial charge in [0.25, 0.3) is 5.91 Å². The van der Waals surface area contributed by atoms with Gasteiger partial charge in [-0.25, -0.2) is 0 Å². The average Bonchev–Trinajstić information content (AvgIpc) is 2.49. The molecule has 5 heteroatoms. The first kappa shape index (κ1) is 16.2. The van der Waals surface area contributed by atoms with E-state index in [0.29, 0.717) is 16.9 Å². The summed E-state index contributed by atoms with van der Waals surface area (Å²) in [5.41, 5.74) is 1.82. The Morgan fingerprint density at radius 3 is 2.27 bits per heavy atom. The van der Waals surface area contributed by atoms with Crippen molar-refractivity contribution >= 4 is 39.1 Å². The SMILES string of the molecule is CC(C)C(=O)Nc1cccc(C(=O)Nc2ccc(Br)cc2)c1. The van der Waals surface area contributed by atoms with Gasteiger partial charge in [0.1, 0.15) is 0 Å². The van der Waals surface area contributed by atoms with E-state index in [1.807, 2.05) is 38.1 Å². The van der Waals surface area contributed by atoms with Crippen molar-refractivity contribution in [2.45, 2.75) is 13.8 Å². The van der Waals surface area contributed by atoms with Crippen LogP contribution in [0, 0.1) is 5.92 Å². The Kier molecular flexibility index (Phi) is 5.33. The van der Waals surface area contributed by atoms with Gasteiger partial charge in [-0.3, -0.25) is 9.59 Å². The first-order valence-electron chi connectivity index (χ1n) is 6.93. The minimum atomic E-state index is -0.219. The first-order chi connectivity index (χ1) is 10.5. The van der Waals surface area contributed by atoms with Gasteiger partial charge in [0.2, 0.25) is 5.91 Å². The van der Waals surface area contributed by atoms with Crippen LogP contribution >= 0.6 is 15.9 Å². The summed E-state index contributed by atoms with van der Waals surface area (Å²) in [5, 5.41) is 5.60. The maximum Gasteiger partial charge on any atom is 0.255 e. The normalized spacial score (nSPS) is 10.4. The smallest absolute Gasteiger partial charge is 0.255 e. The van der Waals surface area contributed by atoms with Crippen LogP contribution < -0.4 is 10.6 Å². The summed E-state index contributed by atoms with van der Waals surface area (Å²) in [6, 6.07) is 14.2. The molecule has 0 radical (unpaired) electrons. The summed E-state index contributed by atoms with van der Waals surface area (Å²) in [7, 11) is 0. The molecule has 2 rings (SSSR count). The number of carbonyl (C=O) groups excluding carboxylic acids is 2. The Labute approximate surface area is 138 Å². The van der Waals surface area contributed by atoms with Crippen LogP contribution in [0.5, 0.6) is 0 Å². The number of halogens is 1. The maximum atomic E-state index is 12.2. The predicted octanol–water partition coefficient (Wildman–Crippen LogP) is 4.30. The number of nitrogens with one attached hydrogen (secondary N) is 2. The van der Waals surface area contributed by atoms with Gasteiger partial charge >= 0.3 is 0 Å². The van der Waals surface area contributed by atoms with E-state index < -0.39 is 0 Å². The van der Waals surface area contributed by atoms with Crippen molar-refractivity contribution in [1.82, 2.24) is 0 Å². The standard InChI is InChI=1S/C17H17BrN2O2/c1-11(2)16(21)20-15-5-3-4-12(10-15)17(22)19-14-8-6-13(18)7-9-14/h3-11H,1-2H3,(H,19,22)(H,20,21). The summed E-state index contributed by atoms with van der Waals surface area (Å²) < 4.78 is 0.948. The van der Waals surface area contributed by atoms with Crippen molar-refractivity contribution in [3.05, 3.63) is 58.6 Å². The van der Waals surface area contributed by atoms with Gasteiger partial charge in [-0.05, 0) is 42.5 Å². The molecular weight excluding hydrogens is 344 g/mol. The number of hydrogen-bond acceptors (Lipinski definition) is 2. The number of rotatable bonds is 4. The molecule has 0 bridgehead atoms. The van der Waals surface area contributed by atoms with Crippen molar-refractivity contribution in [2.24, 2.45) is 5.92 Å². The third kappa shape index (κ3) is 4.43. The quantitative estimate of drug-likeness (QED) is 0.853. The Balaban J connectivity index is 2.09. The molecule has 2 N–H and O–H groups in total. The number of benzene rings is 2. The van der Waals surface area contributed by atoms with Gasteiger partial charge < -0.3 is 10.6 Å². The van der Waals surface area contributed by atoms with Gasteiger partial charge in [0, 0.05) is 27.3 Å². The molecule has 0 saturated carbocycles. The van der Waals surface area contributed by atoms with Crippen LogP contribution in [0.1, 0.15) is 24.2 Å². The van der Waals surface area contributed by atoms with Crippen LogP contribution in [0.25, 0.3) is 0 Å². The molecule has 2 aromatic rings. The first-order valence-corrected chi connectivity index (χ1v) is 7.73. The summed E-state index contributed by atoms with van der Waals surface area (Å²) in [5.74, 6) is -0.409. The molecule has 0 aliphatic rings. The van der Waals surface area contributed by atoms with Gasteiger partial charge in [0.05, 0.1) is 0 Å². The zero-order valence-corrected chi connectivity index (χ0v) is 14.0. The Hall–Kier alpha value is -2.14. The lowest BCUT2D eigenvalue weighted by Gasteiger charge is -2.10. The highest BCUT2D eigenvalue weighted by atomic mass is 79.9. The largest absolute Gasteiger partial charge is 0.326 e. The highest BCUT2D eigenvalue weighted by Crippen LogP contribution is 2.17. The molecule has 4 nitrogen and oxygen atoms in total. The number of anilines is 2. The Bertz CT molecular complexity index is 681. The fourth-order valence-corrected chi connectivity index (χ4v) is 2.03. The van der Waals surface area contributed by atoms with Crippen molar-refractivity contribution < 1.29 is 9.59 Å². The highest BCUT2D eigenvalue weighted by molar-refractivity contribution is 9.10. The third-order valence-electron chi connectivity index (χ3n) is 3.02. The van der Waals surface area contributed by atoms with Gasteiger partial charge in [-0.2, -0.15) is 0 Å². The van der Waals surface area contributed by atoms with Crippen molar-refractivity contribution in [3.8, 4) is 0 Å². The van der Waals surface area contributed by atoms with E-state index in [-0.39, 0.29) is 17.7 Å². The molecule has 22 heavy (non-hydrogen) atoms. The van der Waals surface area contributed by atoms with E-state index in [1.54, 1.807) is 24.3 Å². The van der Waals surface area contributed by atoms with Crippen molar-refractivity contribution in [2.75, 3.05) is 10.6 Å². The number of hydrogen-bond donors (Lipinski definition) is 2. The number of carbonyl (C=O) groups is 2. The molecule has 0 aromatic heterocycles. The summed E-state index contributed by atoms with van der Waals surface area (Å²) in [4.78, 5) is 23.9. The minimum absolute atomic E-state index is 0.0783. The van der Waals surface area contributed by atoms with Crippen LogP contribution in [-0.4, -0.2) is 11.8 Å². The van der Waals surface area contributed by atoms with Gasteiger partial charge in [-0.1, -0.05) is 35.8 Å². The van der Waals surface area contributed by atoms with Crippen LogP contribution in [0.3, 0.4) is 0 Å². The molecule has 114 valence electrons. The lowest BCUT2D eigenvalue weighted by molar-refractivity contribution is -0.118. The van der Waals surface area contributed by atoms with E-state index in [9.17, 15) is 9.59 Å². The number of amides is 2. The lowest BCUT2D eigenvalue weighted by Crippen LogP contribution is -2.18. The van der Waals surface area contributed by atoms with E-state index in [1.165, 1.54) is 0 Å². The molecule has 0 unspecified atom stereocenters. The third-order valence-corrected chi connectivity index (χ3v) is 3.55. The summed E-state index contributed by atoms with van der Waals surface area (Å²) >= 11 is 3.35. The Morgan fingerprint density at radius 2 is 1.64 bits per heavy atom. The summed E-state index contributed by atoms with van der Waals surface area (Å²) in [6.45, 7) is 3.64. The topological polar surface area (TPSA) is 58.2 Å². The average molecular weight is 361 g/mol. The fourth-order valence-electron chi connectivity index (χ4n) is 1.76. The minimum Gasteiger partial charge on any atom is -0.326 e. The molecule has 0 saturated heterocycles. The zero-order valence-electron chi connectivity index (χ0n) is 12.4.